The van der Waals surface area contributed by atoms with Crippen LogP contribution in [0.3, 0.4) is 0 Å². The van der Waals surface area contributed by atoms with Crippen molar-refractivity contribution in [1.82, 2.24) is 0 Å². The Labute approximate surface area is 63.7 Å². The number of unbranched alkanes of at least 4 members (excludes halogenated alkanes) is 1. The first-order valence-corrected chi connectivity index (χ1v) is 4.00. The van der Waals surface area contributed by atoms with E-state index in [4.69, 9.17) is 10.5 Å². The molecule has 0 heterocycles. The summed E-state index contributed by atoms with van der Waals surface area (Å²) in [5, 5.41) is 0. The monoisotopic (exact) mass is 145 g/mol. The van der Waals surface area contributed by atoms with Gasteiger partial charge in [-0.3, -0.25) is 0 Å². The quantitative estimate of drug-likeness (QED) is 0.573. The van der Waals surface area contributed by atoms with Gasteiger partial charge in [-0.25, -0.2) is 0 Å². The van der Waals surface area contributed by atoms with Gasteiger partial charge in [0.15, 0.2) is 0 Å². The lowest BCUT2D eigenvalue weighted by atomic mass is 10.1. The Kier molecular flexibility index (Phi) is 6.98. The SMILES string of the molecule is COCC(C)CCCCN. The Morgan fingerprint density at radius 2 is 2.10 bits per heavy atom. The Morgan fingerprint density at radius 3 is 2.60 bits per heavy atom. The Bertz CT molecular complexity index is 66.3. The van der Waals surface area contributed by atoms with Crippen LogP contribution in [0.1, 0.15) is 26.2 Å². The maximum absolute atomic E-state index is 5.36. The number of rotatable bonds is 6. The molecule has 0 rings (SSSR count). The molecule has 0 aliphatic carbocycles. The van der Waals surface area contributed by atoms with Crippen LogP contribution in [-0.4, -0.2) is 20.3 Å². The molecule has 0 saturated heterocycles. The van der Waals surface area contributed by atoms with Gasteiger partial charge >= 0.3 is 0 Å². The topological polar surface area (TPSA) is 35.2 Å². The lowest BCUT2D eigenvalue weighted by molar-refractivity contribution is 0.154. The third-order valence-electron chi connectivity index (χ3n) is 1.60. The van der Waals surface area contributed by atoms with E-state index in [1.54, 1.807) is 7.11 Å². The largest absolute Gasteiger partial charge is 0.384 e. The molecule has 2 heteroatoms. The maximum Gasteiger partial charge on any atom is 0.0487 e. The molecule has 2 nitrogen and oxygen atoms in total. The molecular formula is C8H19NO. The highest BCUT2D eigenvalue weighted by atomic mass is 16.5. The van der Waals surface area contributed by atoms with Crippen molar-refractivity contribution in [2.45, 2.75) is 26.2 Å². The zero-order chi connectivity index (χ0) is 7.82. The van der Waals surface area contributed by atoms with Crippen LogP contribution >= 0.6 is 0 Å². The first-order chi connectivity index (χ1) is 4.81. The molecule has 0 fully saturated rings. The lowest BCUT2D eigenvalue weighted by Crippen LogP contribution is -2.05. The predicted molar refractivity (Wildman–Crippen MR) is 43.9 cm³/mol. The van der Waals surface area contributed by atoms with Crippen molar-refractivity contribution in [1.29, 1.82) is 0 Å². The summed E-state index contributed by atoms with van der Waals surface area (Å²) < 4.78 is 5.00. The second-order valence-electron chi connectivity index (χ2n) is 2.84. The molecule has 1 atom stereocenters. The molecule has 0 amide bonds. The molecule has 10 heavy (non-hydrogen) atoms. The third-order valence-corrected chi connectivity index (χ3v) is 1.60. The van der Waals surface area contributed by atoms with E-state index in [0.717, 1.165) is 19.6 Å². The van der Waals surface area contributed by atoms with Gasteiger partial charge in [-0.05, 0) is 25.3 Å². The van der Waals surface area contributed by atoms with E-state index < -0.39 is 0 Å². The summed E-state index contributed by atoms with van der Waals surface area (Å²) in [4.78, 5) is 0. The van der Waals surface area contributed by atoms with Crippen molar-refractivity contribution in [2.75, 3.05) is 20.3 Å². The molecule has 2 N–H and O–H groups in total. The normalized spacial score (nSPS) is 13.5. The molecule has 0 aromatic carbocycles. The molecule has 62 valence electrons. The van der Waals surface area contributed by atoms with E-state index in [9.17, 15) is 0 Å². The van der Waals surface area contributed by atoms with Gasteiger partial charge < -0.3 is 10.5 Å². The Morgan fingerprint density at radius 1 is 1.40 bits per heavy atom. The molecule has 0 spiro atoms. The van der Waals surface area contributed by atoms with Crippen LogP contribution in [0.25, 0.3) is 0 Å². The maximum atomic E-state index is 5.36. The van der Waals surface area contributed by atoms with Crippen molar-refractivity contribution in [3.8, 4) is 0 Å². The summed E-state index contributed by atoms with van der Waals surface area (Å²) in [6, 6.07) is 0. The van der Waals surface area contributed by atoms with Crippen LogP contribution in [0, 0.1) is 5.92 Å². The second-order valence-corrected chi connectivity index (χ2v) is 2.84. The molecular weight excluding hydrogens is 126 g/mol. The number of ether oxygens (including phenoxy) is 1. The number of nitrogens with two attached hydrogens (primary N) is 1. The highest BCUT2D eigenvalue weighted by Gasteiger charge is 1.98. The smallest absolute Gasteiger partial charge is 0.0487 e. The fourth-order valence-corrected chi connectivity index (χ4v) is 1.00. The van der Waals surface area contributed by atoms with Crippen LogP contribution < -0.4 is 5.73 Å². The van der Waals surface area contributed by atoms with E-state index in [2.05, 4.69) is 6.92 Å². The van der Waals surface area contributed by atoms with Gasteiger partial charge in [0.2, 0.25) is 0 Å². The second kappa shape index (κ2) is 7.03. The van der Waals surface area contributed by atoms with Crippen LogP contribution in [0.4, 0.5) is 0 Å². The van der Waals surface area contributed by atoms with Crippen LogP contribution in [0.5, 0.6) is 0 Å². The molecule has 0 aromatic rings. The molecule has 1 unspecified atom stereocenters. The van der Waals surface area contributed by atoms with Crippen molar-refractivity contribution in [3.63, 3.8) is 0 Å². The molecule has 0 aromatic heterocycles. The Hall–Kier alpha value is -0.0800. The van der Waals surface area contributed by atoms with Gasteiger partial charge in [0, 0.05) is 13.7 Å². The summed E-state index contributed by atoms with van der Waals surface area (Å²) in [5.41, 5.74) is 5.36. The number of hydrogen-bond acceptors (Lipinski definition) is 2. The average molecular weight is 145 g/mol. The van der Waals surface area contributed by atoms with Crippen molar-refractivity contribution in [3.05, 3.63) is 0 Å². The molecule has 0 aliphatic rings. The van der Waals surface area contributed by atoms with E-state index in [0.29, 0.717) is 5.92 Å². The van der Waals surface area contributed by atoms with Gasteiger partial charge in [-0.15, -0.1) is 0 Å². The van der Waals surface area contributed by atoms with Crippen molar-refractivity contribution in [2.24, 2.45) is 11.7 Å². The first-order valence-electron chi connectivity index (χ1n) is 4.00. The minimum Gasteiger partial charge on any atom is -0.384 e. The van der Waals surface area contributed by atoms with Crippen LogP contribution in [0.15, 0.2) is 0 Å². The van der Waals surface area contributed by atoms with Gasteiger partial charge in [-0.1, -0.05) is 13.3 Å². The summed E-state index contributed by atoms with van der Waals surface area (Å²) in [7, 11) is 1.75. The van der Waals surface area contributed by atoms with Gasteiger partial charge in [0.1, 0.15) is 0 Å². The first kappa shape index (κ1) is 9.92. The molecule has 0 bridgehead atoms. The van der Waals surface area contributed by atoms with E-state index in [1.165, 1.54) is 12.8 Å². The minimum atomic E-state index is 0.691. The predicted octanol–water partition coefficient (Wildman–Crippen LogP) is 1.40. The van der Waals surface area contributed by atoms with Crippen LogP contribution in [-0.2, 0) is 4.74 Å². The van der Waals surface area contributed by atoms with E-state index in [-0.39, 0.29) is 0 Å². The number of methoxy groups -OCH3 is 1. The Balaban J connectivity index is 2.97. The average Bonchev–Trinajstić information content (AvgIpc) is 1.89. The summed E-state index contributed by atoms with van der Waals surface area (Å²) in [5.74, 6) is 0.691. The highest BCUT2D eigenvalue weighted by molar-refractivity contribution is 4.51. The summed E-state index contributed by atoms with van der Waals surface area (Å²) in [6.07, 6.45) is 3.63. The molecule has 0 aliphatic heterocycles. The van der Waals surface area contributed by atoms with Crippen molar-refractivity contribution < 1.29 is 4.74 Å². The lowest BCUT2D eigenvalue weighted by Gasteiger charge is -2.08. The van der Waals surface area contributed by atoms with Crippen LogP contribution in [0.2, 0.25) is 0 Å². The number of hydrogen-bond donors (Lipinski definition) is 1. The van der Waals surface area contributed by atoms with E-state index >= 15 is 0 Å². The fourth-order valence-electron chi connectivity index (χ4n) is 1.00. The fraction of sp³-hybridized carbons (Fsp3) is 1.00. The summed E-state index contributed by atoms with van der Waals surface area (Å²) in [6.45, 7) is 3.91. The van der Waals surface area contributed by atoms with Gasteiger partial charge in [-0.2, -0.15) is 0 Å². The standard InChI is InChI=1S/C8H19NO/c1-8(7-10-2)5-3-4-6-9/h8H,3-7,9H2,1-2H3. The zero-order valence-corrected chi connectivity index (χ0v) is 7.10. The van der Waals surface area contributed by atoms with E-state index in [1.807, 2.05) is 0 Å². The highest BCUT2D eigenvalue weighted by Crippen LogP contribution is 2.06. The van der Waals surface area contributed by atoms with Gasteiger partial charge in [0.05, 0.1) is 0 Å². The summed E-state index contributed by atoms with van der Waals surface area (Å²) >= 11 is 0. The minimum absolute atomic E-state index is 0.691. The molecule has 0 radical (unpaired) electrons. The molecule has 0 saturated carbocycles. The zero-order valence-electron chi connectivity index (χ0n) is 7.10. The van der Waals surface area contributed by atoms with Gasteiger partial charge in [0.25, 0.3) is 0 Å². The van der Waals surface area contributed by atoms with Crippen molar-refractivity contribution >= 4 is 0 Å². The third kappa shape index (κ3) is 6.05.